The summed E-state index contributed by atoms with van der Waals surface area (Å²) in [5, 5.41) is 5.24. The van der Waals surface area contributed by atoms with Crippen LogP contribution in [0.1, 0.15) is 25.6 Å². The first kappa shape index (κ1) is 19.0. The highest BCUT2D eigenvalue weighted by molar-refractivity contribution is 5.88. The molecule has 3 aromatic carbocycles. The van der Waals surface area contributed by atoms with Crippen molar-refractivity contribution in [3.05, 3.63) is 72.6 Å². The first-order valence-corrected chi connectivity index (χ1v) is 10.1. The SMILES string of the molecule is CCCC(=O)NCc1nc2ccccc2n1CCOc1cccc2ccccc12. The number of nitrogens with one attached hydrogen (secondary N) is 1. The van der Waals surface area contributed by atoms with Crippen LogP contribution >= 0.6 is 0 Å². The van der Waals surface area contributed by atoms with E-state index in [9.17, 15) is 4.79 Å². The second-order valence-electron chi connectivity index (χ2n) is 7.02. The molecule has 1 amide bonds. The average Bonchev–Trinajstić information content (AvgIpc) is 3.10. The number of hydrogen-bond donors (Lipinski definition) is 1. The molecule has 1 N–H and O–H groups in total. The van der Waals surface area contributed by atoms with E-state index in [2.05, 4.69) is 34.1 Å². The van der Waals surface area contributed by atoms with Crippen LogP contribution in [0.25, 0.3) is 21.8 Å². The molecule has 0 unspecified atom stereocenters. The van der Waals surface area contributed by atoms with Gasteiger partial charge in [0.1, 0.15) is 18.2 Å². The van der Waals surface area contributed by atoms with Crippen molar-refractivity contribution in [2.24, 2.45) is 0 Å². The van der Waals surface area contributed by atoms with Gasteiger partial charge in [-0.2, -0.15) is 0 Å². The first-order chi connectivity index (χ1) is 14.3. The maximum atomic E-state index is 11.9. The lowest BCUT2D eigenvalue weighted by molar-refractivity contribution is -0.121. The van der Waals surface area contributed by atoms with Gasteiger partial charge in [-0.1, -0.05) is 55.5 Å². The van der Waals surface area contributed by atoms with Gasteiger partial charge >= 0.3 is 0 Å². The Balaban J connectivity index is 1.52. The molecule has 0 aliphatic rings. The molecule has 0 saturated carbocycles. The van der Waals surface area contributed by atoms with E-state index in [4.69, 9.17) is 9.72 Å². The number of aromatic nitrogens is 2. The van der Waals surface area contributed by atoms with Gasteiger partial charge in [0.2, 0.25) is 5.91 Å². The lowest BCUT2D eigenvalue weighted by Gasteiger charge is -2.13. The number of benzene rings is 3. The van der Waals surface area contributed by atoms with Crippen molar-refractivity contribution in [2.75, 3.05) is 6.61 Å². The maximum absolute atomic E-state index is 11.9. The normalized spacial score (nSPS) is 11.1. The number of rotatable bonds is 8. The highest BCUT2D eigenvalue weighted by atomic mass is 16.5. The van der Waals surface area contributed by atoms with Crippen LogP contribution in [0.2, 0.25) is 0 Å². The van der Waals surface area contributed by atoms with E-state index < -0.39 is 0 Å². The third kappa shape index (κ3) is 4.24. The van der Waals surface area contributed by atoms with Gasteiger partial charge in [0, 0.05) is 11.8 Å². The summed E-state index contributed by atoms with van der Waals surface area (Å²) in [5.74, 6) is 1.78. The van der Waals surface area contributed by atoms with Crippen molar-refractivity contribution in [2.45, 2.75) is 32.9 Å². The number of para-hydroxylation sites is 2. The molecule has 0 saturated heterocycles. The average molecular weight is 387 g/mol. The van der Waals surface area contributed by atoms with Crippen LogP contribution in [0.4, 0.5) is 0 Å². The zero-order valence-corrected chi connectivity index (χ0v) is 16.6. The molecule has 0 fully saturated rings. The van der Waals surface area contributed by atoms with E-state index in [0.717, 1.165) is 39.8 Å². The molecule has 0 spiro atoms. The quantitative estimate of drug-likeness (QED) is 0.477. The molecular weight excluding hydrogens is 362 g/mol. The molecule has 0 aliphatic heterocycles. The fourth-order valence-corrected chi connectivity index (χ4v) is 3.57. The van der Waals surface area contributed by atoms with Crippen molar-refractivity contribution in [1.29, 1.82) is 0 Å². The smallest absolute Gasteiger partial charge is 0.220 e. The van der Waals surface area contributed by atoms with E-state index in [0.29, 0.717) is 26.1 Å². The van der Waals surface area contributed by atoms with Crippen LogP contribution in [-0.4, -0.2) is 22.1 Å². The molecule has 29 heavy (non-hydrogen) atoms. The molecule has 148 valence electrons. The Hall–Kier alpha value is -3.34. The molecule has 4 aromatic rings. The number of carbonyl (C=O) groups is 1. The number of hydrogen-bond acceptors (Lipinski definition) is 3. The van der Waals surface area contributed by atoms with Crippen LogP contribution in [0.3, 0.4) is 0 Å². The van der Waals surface area contributed by atoms with Gasteiger partial charge in [-0.25, -0.2) is 4.98 Å². The van der Waals surface area contributed by atoms with Crippen LogP contribution in [0.5, 0.6) is 5.75 Å². The third-order valence-corrected chi connectivity index (χ3v) is 4.98. The summed E-state index contributed by atoms with van der Waals surface area (Å²) < 4.78 is 8.26. The van der Waals surface area contributed by atoms with Gasteiger partial charge in [0.05, 0.1) is 24.1 Å². The third-order valence-electron chi connectivity index (χ3n) is 4.98. The Labute approximate surface area is 170 Å². The van der Waals surface area contributed by atoms with Crippen LogP contribution < -0.4 is 10.1 Å². The van der Waals surface area contributed by atoms with Gasteiger partial charge in [0.15, 0.2) is 0 Å². The van der Waals surface area contributed by atoms with Crippen molar-refractivity contribution in [3.63, 3.8) is 0 Å². The molecule has 0 atom stereocenters. The molecule has 5 nitrogen and oxygen atoms in total. The number of imidazole rings is 1. The van der Waals surface area contributed by atoms with Gasteiger partial charge in [-0.15, -0.1) is 0 Å². The Morgan fingerprint density at radius 3 is 2.72 bits per heavy atom. The molecule has 5 heteroatoms. The fourth-order valence-electron chi connectivity index (χ4n) is 3.57. The zero-order valence-electron chi connectivity index (χ0n) is 16.6. The Morgan fingerprint density at radius 1 is 1.03 bits per heavy atom. The summed E-state index contributed by atoms with van der Waals surface area (Å²) in [4.78, 5) is 16.6. The molecule has 1 aromatic heterocycles. The van der Waals surface area contributed by atoms with E-state index in [1.54, 1.807) is 0 Å². The molecule has 1 heterocycles. The Kier molecular flexibility index (Phi) is 5.75. The van der Waals surface area contributed by atoms with Gasteiger partial charge in [-0.3, -0.25) is 4.79 Å². The molecule has 0 aliphatic carbocycles. The Morgan fingerprint density at radius 2 is 1.83 bits per heavy atom. The lowest BCUT2D eigenvalue weighted by Crippen LogP contribution is -2.24. The topological polar surface area (TPSA) is 56.2 Å². The molecule has 4 rings (SSSR count). The summed E-state index contributed by atoms with van der Waals surface area (Å²) in [6.07, 6.45) is 1.37. The number of amides is 1. The van der Waals surface area contributed by atoms with Crippen molar-refractivity contribution < 1.29 is 9.53 Å². The highest BCUT2D eigenvalue weighted by Crippen LogP contribution is 2.25. The van der Waals surface area contributed by atoms with Crippen LogP contribution in [0.15, 0.2) is 66.7 Å². The first-order valence-electron chi connectivity index (χ1n) is 10.1. The summed E-state index contributed by atoms with van der Waals surface area (Å²) in [6, 6.07) is 22.3. The standard InChI is InChI=1S/C24H25N3O2/c1-2-8-24(28)25-17-23-26-20-12-5-6-13-21(20)27(23)15-16-29-22-14-7-10-18-9-3-4-11-19(18)22/h3-7,9-14H,2,8,15-17H2,1H3,(H,25,28). The minimum atomic E-state index is 0.0538. The lowest BCUT2D eigenvalue weighted by atomic mass is 10.1. The van der Waals surface area contributed by atoms with Gasteiger partial charge < -0.3 is 14.6 Å². The number of fused-ring (bicyclic) bond motifs is 2. The maximum Gasteiger partial charge on any atom is 0.220 e. The highest BCUT2D eigenvalue weighted by Gasteiger charge is 2.12. The van der Waals surface area contributed by atoms with E-state index >= 15 is 0 Å². The number of nitrogens with zero attached hydrogens (tertiary/aromatic N) is 2. The number of carbonyl (C=O) groups excluding carboxylic acids is 1. The summed E-state index contributed by atoms with van der Waals surface area (Å²) in [7, 11) is 0. The van der Waals surface area contributed by atoms with Gasteiger partial charge in [0.25, 0.3) is 0 Å². The van der Waals surface area contributed by atoms with E-state index in [-0.39, 0.29) is 5.91 Å². The van der Waals surface area contributed by atoms with Crippen molar-refractivity contribution in [1.82, 2.24) is 14.9 Å². The Bertz CT molecular complexity index is 1130. The van der Waals surface area contributed by atoms with E-state index in [1.165, 1.54) is 0 Å². The summed E-state index contributed by atoms with van der Waals surface area (Å²) >= 11 is 0. The monoisotopic (exact) mass is 387 g/mol. The summed E-state index contributed by atoms with van der Waals surface area (Å²) in [6.45, 7) is 3.59. The zero-order chi connectivity index (χ0) is 20.1. The van der Waals surface area contributed by atoms with E-state index in [1.807, 2.05) is 49.4 Å². The van der Waals surface area contributed by atoms with Crippen LogP contribution in [-0.2, 0) is 17.9 Å². The minimum Gasteiger partial charge on any atom is -0.491 e. The van der Waals surface area contributed by atoms with Crippen molar-refractivity contribution >= 4 is 27.7 Å². The largest absolute Gasteiger partial charge is 0.491 e. The molecule has 0 bridgehead atoms. The second kappa shape index (κ2) is 8.78. The predicted molar refractivity (Wildman–Crippen MR) is 116 cm³/mol. The molecule has 0 radical (unpaired) electrons. The predicted octanol–water partition coefficient (Wildman–Crippen LogP) is 4.68. The second-order valence-corrected chi connectivity index (χ2v) is 7.02. The van der Waals surface area contributed by atoms with Gasteiger partial charge in [-0.05, 0) is 30.0 Å². The number of ether oxygens (including phenoxy) is 1. The summed E-state index contributed by atoms with van der Waals surface area (Å²) in [5.41, 5.74) is 1.98. The fraction of sp³-hybridized carbons (Fsp3) is 0.250. The van der Waals surface area contributed by atoms with Crippen molar-refractivity contribution in [3.8, 4) is 5.75 Å². The molecular formula is C24H25N3O2. The minimum absolute atomic E-state index is 0.0538. The van der Waals surface area contributed by atoms with Crippen LogP contribution in [0, 0.1) is 0 Å².